The van der Waals surface area contributed by atoms with Gasteiger partial charge >= 0.3 is 5.69 Å². The maximum Gasteiger partial charge on any atom is 0.312 e. The molecule has 7 heteroatoms. The van der Waals surface area contributed by atoms with Crippen LogP contribution in [0.5, 0.6) is 0 Å². The number of anilines is 1. The van der Waals surface area contributed by atoms with Crippen LogP contribution in [0, 0.1) is 10.1 Å². The molecule has 1 heterocycles. The van der Waals surface area contributed by atoms with E-state index >= 15 is 0 Å². The smallest absolute Gasteiger partial charge is 0.312 e. The molecule has 0 aliphatic carbocycles. The first-order valence-electron chi connectivity index (χ1n) is 4.75. The summed E-state index contributed by atoms with van der Waals surface area (Å²) >= 11 is 3.12. The van der Waals surface area contributed by atoms with Crippen molar-refractivity contribution in [1.29, 1.82) is 0 Å². The van der Waals surface area contributed by atoms with Gasteiger partial charge in [0.25, 0.3) is 0 Å². The van der Waals surface area contributed by atoms with Gasteiger partial charge in [-0.05, 0) is 22.4 Å². The Morgan fingerprint density at radius 1 is 1.75 bits per heavy atom. The van der Waals surface area contributed by atoms with Gasteiger partial charge in [0.1, 0.15) is 0 Å². The van der Waals surface area contributed by atoms with E-state index in [1.807, 2.05) is 6.92 Å². The molecule has 2 N–H and O–H groups in total. The molecule has 0 saturated heterocycles. The molecule has 0 aliphatic rings. The number of aliphatic hydroxyl groups excluding tert-OH is 1. The molecule has 1 aromatic rings. The Morgan fingerprint density at radius 2 is 2.44 bits per heavy atom. The third-order valence-corrected chi connectivity index (χ3v) is 2.52. The van der Waals surface area contributed by atoms with Gasteiger partial charge in [-0.2, -0.15) is 0 Å². The molecule has 0 fully saturated rings. The van der Waals surface area contributed by atoms with Crippen molar-refractivity contribution in [3.63, 3.8) is 0 Å². The molecule has 1 aromatic heterocycles. The highest BCUT2D eigenvalue weighted by atomic mass is 79.9. The van der Waals surface area contributed by atoms with E-state index in [-0.39, 0.29) is 24.2 Å². The Kier molecular flexibility index (Phi) is 4.63. The van der Waals surface area contributed by atoms with Gasteiger partial charge in [0.05, 0.1) is 17.6 Å². The molecule has 0 aromatic carbocycles. The number of hydrogen-bond donors (Lipinski definition) is 2. The zero-order valence-corrected chi connectivity index (χ0v) is 10.3. The zero-order chi connectivity index (χ0) is 12.1. The van der Waals surface area contributed by atoms with E-state index in [0.29, 0.717) is 10.9 Å². The van der Waals surface area contributed by atoms with Crippen LogP contribution in [-0.2, 0) is 0 Å². The average molecular weight is 290 g/mol. The highest BCUT2D eigenvalue weighted by Gasteiger charge is 2.18. The summed E-state index contributed by atoms with van der Waals surface area (Å²) in [6, 6.07) is 1.15. The van der Waals surface area contributed by atoms with E-state index in [2.05, 4.69) is 26.2 Å². The number of nitrogens with zero attached hydrogens (tertiary/aromatic N) is 2. The summed E-state index contributed by atoms with van der Waals surface area (Å²) in [5.41, 5.74) is -0.110. The van der Waals surface area contributed by atoms with Crippen LogP contribution in [0.15, 0.2) is 16.7 Å². The molecular weight excluding hydrogens is 278 g/mol. The van der Waals surface area contributed by atoms with Crippen molar-refractivity contribution in [1.82, 2.24) is 4.98 Å². The SMILES string of the molecule is CCC(CO)Nc1ncc(Br)cc1[N+](=O)[O-]. The van der Waals surface area contributed by atoms with Crippen molar-refractivity contribution >= 4 is 27.4 Å². The van der Waals surface area contributed by atoms with Crippen molar-refractivity contribution in [3.8, 4) is 0 Å². The number of hydrogen-bond acceptors (Lipinski definition) is 5. The van der Waals surface area contributed by atoms with Crippen LogP contribution in [0.2, 0.25) is 0 Å². The van der Waals surface area contributed by atoms with Gasteiger partial charge < -0.3 is 10.4 Å². The van der Waals surface area contributed by atoms with Gasteiger partial charge in [-0.15, -0.1) is 0 Å². The molecule has 6 nitrogen and oxygen atoms in total. The lowest BCUT2D eigenvalue weighted by Crippen LogP contribution is -2.23. The molecule has 1 unspecified atom stereocenters. The third kappa shape index (κ3) is 3.14. The fourth-order valence-electron chi connectivity index (χ4n) is 1.15. The second-order valence-corrected chi connectivity index (χ2v) is 4.13. The van der Waals surface area contributed by atoms with Gasteiger partial charge in [-0.3, -0.25) is 10.1 Å². The fourth-order valence-corrected chi connectivity index (χ4v) is 1.47. The number of halogens is 1. The Hall–Kier alpha value is -1.21. The van der Waals surface area contributed by atoms with Crippen LogP contribution in [0.3, 0.4) is 0 Å². The second kappa shape index (κ2) is 5.76. The summed E-state index contributed by atoms with van der Waals surface area (Å²) in [5, 5.41) is 22.6. The molecular formula is C9H12BrN3O3. The highest BCUT2D eigenvalue weighted by molar-refractivity contribution is 9.10. The van der Waals surface area contributed by atoms with E-state index in [4.69, 9.17) is 5.11 Å². The topological polar surface area (TPSA) is 88.3 Å². The molecule has 0 amide bonds. The van der Waals surface area contributed by atoms with Crippen LogP contribution in [0.25, 0.3) is 0 Å². The minimum Gasteiger partial charge on any atom is -0.394 e. The Labute approximate surface area is 101 Å². The van der Waals surface area contributed by atoms with Crippen molar-refractivity contribution in [3.05, 3.63) is 26.9 Å². The van der Waals surface area contributed by atoms with E-state index in [9.17, 15) is 10.1 Å². The fraction of sp³-hybridized carbons (Fsp3) is 0.444. The summed E-state index contributed by atoms with van der Waals surface area (Å²) in [6.07, 6.45) is 2.13. The monoisotopic (exact) mass is 289 g/mol. The van der Waals surface area contributed by atoms with Gasteiger partial charge in [-0.1, -0.05) is 6.92 Å². The van der Waals surface area contributed by atoms with Crippen LogP contribution in [0.1, 0.15) is 13.3 Å². The van der Waals surface area contributed by atoms with E-state index in [1.54, 1.807) is 0 Å². The minimum absolute atomic E-state index is 0.0919. The highest BCUT2D eigenvalue weighted by Crippen LogP contribution is 2.25. The predicted molar refractivity (Wildman–Crippen MR) is 63.4 cm³/mol. The first-order valence-corrected chi connectivity index (χ1v) is 5.55. The van der Waals surface area contributed by atoms with E-state index in [0.717, 1.165) is 0 Å². The molecule has 88 valence electrons. The Bertz CT molecular complexity index is 382. The summed E-state index contributed by atoms with van der Waals surface area (Å²) in [7, 11) is 0. The van der Waals surface area contributed by atoms with Crippen LogP contribution in [-0.4, -0.2) is 27.7 Å². The van der Waals surface area contributed by atoms with E-state index in [1.165, 1.54) is 12.3 Å². The van der Waals surface area contributed by atoms with Crippen LogP contribution < -0.4 is 5.32 Å². The van der Waals surface area contributed by atoms with Crippen LogP contribution in [0.4, 0.5) is 11.5 Å². The molecule has 1 rings (SSSR count). The number of aliphatic hydroxyl groups is 1. The maximum atomic E-state index is 10.8. The predicted octanol–water partition coefficient (Wildman–Crippen LogP) is 1.94. The Morgan fingerprint density at radius 3 is 2.94 bits per heavy atom. The third-order valence-electron chi connectivity index (χ3n) is 2.08. The molecule has 0 radical (unpaired) electrons. The van der Waals surface area contributed by atoms with Gasteiger partial charge in [0, 0.05) is 16.7 Å². The van der Waals surface area contributed by atoms with Crippen molar-refractivity contribution < 1.29 is 10.0 Å². The standard InChI is InChI=1S/C9H12BrN3O3/c1-2-7(5-14)12-9-8(13(15)16)3-6(10)4-11-9/h3-4,7,14H,2,5H2,1H3,(H,11,12). The second-order valence-electron chi connectivity index (χ2n) is 3.21. The number of rotatable bonds is 5. The Balaban J connectivity index is 2.98. The van der Waals surface area contributed by atoms with Crippen molar-refractivity contribution in [2.75, 3.05) is 11.9 Å². The van der Waals surface area contributed by atoms with Crippen LogP contribution >= 0.6 is 15.9 Å². The first kappa shape index (κ1) is 12.9. The van der Waals surface area contributed by atoms with Gasteiger partial charge in [0.15, 0.2) is 0 Å². The lowest BCUT2D eigenvalue weighted by atomic mass is 10.2. The normalized spacial score (nSPS) is 12.2. The summed E-state index contributed by atoms with van der Waals surface area (Å²) < 4.78 is 0.543. The molecule has 0 saturated carbocycles. The first-order chi connectivity index (χ1) is 7.58. The number of aromatic nitrogens is 1. The summed E-state index contributed by atoms with van der Waals surface area (Å²) in [4.78, 5) is 14.2. The summed E-state index contributed by atoms with van der Waals surface area (Å²) in [6.45, 7) is 1.78. The van der Waals surface area contributed by atoms with Gasteiger partial charge in [0.2, 0.25) is 5.82 Å². The zero-order valence-electron chi connectivity index (χ0n) is 8.68. The lowest BCUT2D eigenvalue weighted by Gasteiger charge is -2.14. The van der Waals surface area contributed by atoms with Crippen molar-refractivity contribution in [2.24, 2.45) is 0 Å². The molecule has 0 bridgehead atoms. The molecule has 16 heavy (non-hydrogen) atoms. The quantitative estimate of drug-likeness (QED) is 0.639. The lowest BCUT2D eigenvalue weighted by molar-refractivity contribution is -0.384. The molecule has 1 atom stereocenters. The van der Waals surface area contributed by atoms with Gasteiger partial charge in [-0.25, -0.2) is 4.98 Å². The van der Waals surface area contributed by atoms with E-state index < -0.39 is 4.92 Å². The molecule has 0 aliphatic heterocycles. The number of nitrogens with one attached hydrogen (secondary N) is 1. The number of pyridine rings is 1. The number of nitro groups is 1. The minimum atomic E-state index is -0.510. The maximum absolute atomic E-state index is 10.8. The molecule has 0 spiro atoms. The summed E-state index contributed by atoms with van der Waals surface area (Å²) in [5.74, 6) is 0.175. The largest absolute Gasteiger partial charge is 0.394 e. The van der Waals surface area contributed by atoms with Crippen molar-refractivity contribution in [2.45, 2.75) is 19.4 Å². The average Bonchev–Trinajstić information content (AvgIpc) is 2.27.